The summed E-state index contributed by atoms with van der Waals surface area (Å²) in [6.45, 7) is 3.26. The number of aliphatic hydroxyl groups is 1. The molecule has 0 saturated heterocycles. The smallest absolute Gasteiger partial charge is 0.131 e. The lowest BCUT2D eigenvalue weighted by Crippen LogP contribution is -2.33. The van der Waals surface area contributed by atoms with Gasteiger partial charge in [0.05, 0.1) is 32.5 Å². The number of benzene rings is 2. The highest BCUT2D eigenvalue weighted by molar-refractivity contribution is 7.84. The fourth-order valence-corrected chi connectivity index (χ4v) is 3.71. The third-order valence-electron chi connectivity index (χ3n) is 4.50. The van der Waals surface area contributed by atoms with Gasteiger partial charge in [0.1, 0.15) is 5.75 Å². The predicted molar refractivity (Wildman–Crippen MR) is 112 cm³/mol. The summed E-state index contributed by atoms with van der Waals surface area (Å²) in [6, 6.07) is 12.6. The molecule has 0 radical (unpaired) electrons. The van der Waals surface area contributed by atoms with Crippen LogP contribution < -0.4 is 10.2 Å². The largest absolute Gasteiger partial charge is 0.507 e. The van der Waals surface area contributed by atoms with Crippen LogP contribution in [0.1, 0.15) is 25.0 Å². The van der Waals surface area contributed by atoms with Gasteiger partial charge in [-0.1, -0.05) is 29.8 Å². The van der Waals surface area contributed by atoms with E-state index in [1.807, 2.05) is 31.3 Å². The summed E-state index contributed by atoms with van der Waals surface area (Å²) in [4.78, 5) is 2.45. The Morgan fingerprint density at radius 3 is 2.63 bits per heavy atom. The van der Waals surface area contributed by atoms with Crippen molar-refractivity contribution in [2.45, 2.75) is 30.4 Å². The molecule has 0 aliphatic rings. The van der Waals surface area contributed by atoms with Crippen molar-refractivity contribution in [2.75, 3.05) is 31.3 Å². The number of aromatic hydroxyl groups is 1. The summed E-state index contributed by atoms with van der Waals surface area (Å²) in [5.41, 5.74) is 1.63. The van der Waals surface area contributed by atoms with Crippen LogP contribution in [0.5, 0.6) is 5.75 Å². The van der Waals surface area contributed by atoms with E-state index in [1.54, 1.807) is 12.1 Å². The van der Waals surface area contributed by atoms with Gasteiger partial charge in [0.2, 0.25) is 0 Å². The SMILES string of the molecule is CC(CCN(C)c1ccccc1Cl)NCC(O)c1ccc(O)c(S(C)=O)c1. The van der Waals surface area contributed by atoms with Crippen LogP contribution in [0.25, 0.3) is 0 Å². The van der Waals surface area contributed by atoms with E-state index in [0.29, 0.717) is 17.0 Å². The van der Waals surface area contributed by atoms with E-state index in [9.17, 15) is 14.4 Å². The number of halogens is 1. The fraction of sp³-hybridized carbons (Fsp3) is 0.400. The monoisotopic (exact) mass is 410 g/mol. The Kier molecular flexibility index (Phi) is 8.10. The van der Waals surface area contributed by atoms with E-state index < -0.39 is 16.9 Å². The van der Waals surface area contributed by atoms with Gasteiger partial charge in [-0.05, 0) is 43.2 Å². The number of hydrogen-bond acceptors (Lipinski definition) is 5. The average molecular weight is 411 g/mol. The Hall–Kier alpha value is -1.60. The van der Waals surface area contributed by atoms with Gasteiger partial charge in [-0.15, -0.1) is 0 Å². The molecule has 0 aromatic heterocycles. The van der Waals surface area contributed by atoms with E-state index in [4.69, 9.17) is 11.6 Å². The molecule has 27 heavy (non-hydrogen) atoms. The maximum absolute atomic E-state index is 11.6. The summed E-state index contributed by atoms with van der Waals surface area (Å²) in [7, 11) is 0.699. The molecule has 0 fully saturated rings. The molecule has 0 aliphatic heterocycles. The minimum Gasteiger partial charge on any atom is -0.507 e. The first-order valence-electron chi connectivity index (χ1n) is 8.83. The quantitative estimate of drug-likeness (QED) is 0.591. The van der Waals surface area contributed by atoms with Crippen LogP contribution in [-0.4, -0.2) is 46.9 Å². The van der Waals surface area contributed by atoms with Crippen LogP contribution in [0.15, 0.2) is 47.4 Å². The highest BCUT2D eigenvalue weighted by atomic mass is 35.5. The molecule has 3 atom stereocenters. The molecule has 3 N–H and O–H groups in total. The first-order chi connectivity index (χ1) is 12.8. The van der Waals surface area contributed by atoms with Crippen LogP contribution in [-0.2, 0) is 10.8 Å². The summed E-state index contributed by atoms with van der Waals surface area (Å²) in [6.07, 6.45) is 1.64. The van der Waals surface area contributed by atoms with E-state index in [1.165, 1.54) is 12.3 Å². The first kappa shape index (κ1) is 21.7. The average Bonchev–Trinajstić information content (AvgIpc) is 2.64. The minimum absolute atomic E-state index is 0.0179. The van der Waals surface area contributed by atoms with Crippen molar-refractivity contribution in [3.63, 3.8) is 0 Å². The molecule has 0 heterocycles. The molecular formula is C20H27ClN2O3S. The Morgan fingerprint density at radius 2 is 1.96 bits per heavy atom. The van der Waals surface area contributed by atoms with E-state index >= 15 is 0 Å². The minimum atomic E-state index is -1.31. The molecule has 0 aliphatic carbocycles. The van der Waals surface area contributed by atoms with Crippen molar-refractivity contribution in [3.8, 4) is 5.75 Å². The number of rotatable bonds is 9. The molecule has 2 aromatic carbocycles. The van der Waals surface area contributed by atoms with Crippen molar-refractivity contribution in [2.24, 2.45) is 0 Å². The lowest BCUT2D eigenvalue weighted by atomic mass is 10.1. The zero-order valence-electron chi connectivity index (χ0n) is 15.9. The number of nitrogens with one attached hydrogen (secondary N) is 1. The van der Waals surface area contributed by atoms with Gasteiger partial charge in [0, 0.05) is 32.4 Å². The van der Waals surface area contributed by atoms with Crippen molar-refractivity contribution in [1.82, 2.24) is 5.32 Å². The van der Waals surface area contributed by atoms with Gasteiger partial charge < -0.3 is 20.4 Å². The zero-order chi connectivity index (χ0) is 20.0. The van der Waals surface area contributed by atoms with Gasteiger partial charge in [-0.2, -0.15) is 0 Å². The molecule has 148 valence electrons. The fourth-order valence-electron chi connectivity index (χ4n) is 2.77. The van der Waals surface area contributed by atoms with Gasteiger partial charge >= 0.3 is 0 Å². The van der Waals surface area contributed by atoms with Crippen LogP contribution in [0.2, 0.25) is 5.02 Å². The lowest BCUT2D eigenvalue weighted by molar-refractivity contribution is 0.170. The second kappa shape index (κ2) is 10.1. The highest BCUT2D eigenvalue weighted by Gasteiger charge is 2.14. The molecule has 0 amide bonds. The van der Waals surface area contributed by atoms with Gasteiger partial charge in [0.15, 0.2) is 0 Å². The van der Waals surface area contributed by atoms with Crippen LogP contribution >= 0.6 is 11.6 Å². The second-order valence-electron chi connectivity index (χ2n) is 6.67. The maximum Gasteiger partial charge on any atom is 0.131 e. The molecule has 3 unspecified atom stereocenters. The topological polar surface area (TPSA) is 72.8 Å². The zero-order valence-corrected chi connectivity index (χ0v) is 17.4. The van der Waals surface area contributed by atoms with Crippen LogP contribution in [0.4, 0.5) is 5.69 Å². The first-order valence-corrected chi connectivity index (χ1v) is 10.8. The molecule has 2 rings (SSSR count). The number of phenolic OH excluding ortho intramolecular Hbond substituents is 1. The molecule has 7 heteroatoms. The Bertz CT molecular complexity index is 788. The van der Waals surface area contributed by atoms with Crippen molar-refractivity contribution < 1.29 is 14.4 Å². The maximum atomic E-state index is 11.6. The highest BCUT2D eigenvalue weighted by Crippen LogP contribution is 2.25. The van der Waals surface area contributed by atoms with Crippen molar-refractivity contribution >= 4 is 28.1 Å². The number of nitrogens with zero attached hydrogens (tertiary/aromatic N) is 1. The van der Waals surface area contributed by atoms with Gasteiger partial charge in [0.25, 0.3) is 0 Å². The van der Waals surface area contributed by atoms with Crippen molar-refractivity contribution in [1.29, 1.82) is 0 Å². The summed E-state index contributed by atoms with van der Waals surface area (Å²) in [5.74, 6) is -0.0179. The van der Waals surface area contributed by atoms with E-state index in [2.05, 4.69) is 17.1 Å². The van der Waals surface area contributed by atoms with Gasteiger partial charge in [-0.3, -0.25) is 4.21 Å². The molecule has 0 bridgehead atoms. The molecule has 2 aromatic rings. The van der Waals surface area contributed by atoms with E-state index in [-0.39, 0.29) is 11.8 Å². The number of phenols is 1. The van der Waals surface area contributed by atoms with Crippen molar-refractivity contribution in [3.05, 3.63) is 53.1 Å². The Morgan fingerprint density at radius 1 is 1.26 bits per heavy atom. The molecule has 0 saturated carbocycles. The molecular weight excluding hydrogens is 384 g/mol. The molecule has 0 spiro atoms. The third-order valence-corrected chi connectivity index (χ3v) is 5.77. The summed E-state index contributed by atoms with van der Waals surface area (Å²) >= 11 is 6.22. The number of para-hydroxylation sites is 1. The number of aliphatic hydroxyl groups excluding tert-OH is 1. The predicted octanol–water partition coefficient (Wildman–Crippen LogP) is 3.32. The van der Waals surface area contributed by atoms with Crippen LogP contribution in [0.3, 0.4) is 0 Å². The van der Waals surface area contributed by atoms with Crippen LogP contribution in [0, 0.1) is 0 Å². The lowest BCUT2D eigenvalue weighted by Gasteiger charge is -2.24. The third kappa shape index (κ3) is 6.21. The summed E-state index contributed by atoms with van der Waals surface area (Å²) < 4.78 is 11.6. The molecule has 5 nitrogen and oxygen atoms in total. The number of hydrogen-bond donors (Lipinski definition) is 3. The Balaban J connectivity index is 1.84. The summed E-state index contributed by atoms with van der Waals surface area (Å²) in [5, 5.41) is 24.2. The van der Waals surface area contributed by atoms with Gasteiger partial charge in [-0.25, -0.2) is 0 Å². The number of anilines is 1. The second-order valence-corrected chi connectivity index (χ2v) is 8.42. The normalized spacial score (nSPS) is 14.6. The van der Waals surface area contributed by atoms with E-state index in [0.717, 1.165) is 23.7 Å². The Labute approximate surface area is 168 Å². The standard InChI is InChI=1S/C20H27ClN2O3S/c1-14(10-11-23(2)17-7-5-4-6-16(17)21)22-13-19(25)15-8-9-18(24)20(12-15)27(3)26/h4-9,12,14,19,22,24-25H,10-11,13H2,1-3H3.